The summed E-state index contributed by atoms with van der Waals surface area (Å²) < 4.78 is 22.1. The van der Waals surface area contributed by atoms with Crippen molar-refractivity contribution >= 4 is 298 Å². The van der Waals surface area contributed by atoms with Gasteiger partial charge in [0.1, 0.15) is 5.82 Å². The zero-order valence-electron chi connectivity index (χ0n) is 77.1. The Labute approximate surface area is 850 Å². The van der Waals surface area contributed by atoms with Crippen LogP contribution in [-0.4, -0.2) is 43.6 Å². The van der Waals surface area contributed by atoms with Crippen LogP contribution in [0.3, 0.4) is 0 Å². The number of pyridine rings is 2. The number of para-hydroxylation sites is 2. The third-order valence-electron chi connectivity index (χ3n) is 29.3. The highest BCUT2D eigenvalue weighted by Gasteiger charge is 2.31. The minimum absolute atomic E-state index is 0.688. The van der Waals surface area contributed by atoms with Gasteiger partial charge in [0.25, 0.3) is 0 Å². The van der Waals surface area contributed by atoms with E-state index in [0.29, 0.717) is 5.95 Å². The predicted octanol–water partition coefficient (Wildman–Crippen LogP) is 37.9. The van der Waals surface area contributed by atoms with Gasteiger partial charge in [-0.25, -0.2) is 24.9 Å². The van der Waals surface area contributed by atoms with E-state index in [1.165, 1.54) is 199 Å². The summed E-state index contributed by atoms with van der Waals surface area (Å²) in [5.41, 5.74) is 19.9. The average molecular weight is 1950 g/mol. The molecule has 0 bridgehead atoms. The fourth-order valence-electron chi connectivity index (χ4n) is 22.9. The van der Waals surface area contributed by atoms with E-state index in [-0.39, 0.29) is 0 Å². The van der Waals surface area contributed by atoms with Gasteiger partial charge in [0.05, 0.1) is 89.4 Å². The second kappa shape index (κ2) is 32.6. The van der Waals surface area contributed by atoms with E-state index in [2.05, 4.69) is 449 Å². The van der Waals surface area contributed by atoms with E-state index < -0.39 is 0 Å². The first-order valence-electron chi connectivity index (χ1n) is 48.6. The largest absolute Gasteiger partial charge is 0.308 e. The highest BCUT2D eigenvalue weighted by Crippen LogP contribution is 2.55. The van der Waals surface area contributed by atoms with Gasteiger partial charge in [-0.2, -0.15) is 0 Å². The molecule has 33 rings (SSSR count). The first kappa shape index (κ1) is 82.4. The molecular formula is C130H73N9S6. The summed E-state index contributed by atoms with van der Waals surface area (Å²) in [6.45, 7) is 0. The summed E-state index contributed by atoms with van der Waals surface area (Å²) in [5.74, 6) is 2.36. The standard InChI is InChI=1S/C48H27N3S2.C45H26N2S2.C37H20N4S2/c1-2-12-30-27-31(22-21-28(30)11-1)43-47-44(37-17-7-10-20-40(37)53-47)50-48(49-43)29-23-25-32(26-24-29)51-38-18-8-5-15-35(38)41-33-13-3-4-14-34(33)42-36-16-6-9-19-39(36)52-46(42)45(41)51;1-3-13-27(14-4-1)29-23-24-36-35(25-29)40-31-18-7-8-19-32(31)41-33-20-10-12-22-38(33)49-45(41)43(40)47(36)39-26-34-30-17-9-11-21-37(30)48-44(34)42(46-39)28-15-5-2-6-16-28;1-2-10-21(11-3-1)32-36-33(25-14-6-9-17-29(25)43-36)40-37(39-32)41-27-15-7-4-12-23(27)30-22-18-19-38-20-26(22)31-24-13-5-8-16-28(24)42-35(31)34(30)41/h1-27H;1-26H;1-20H. The molecular weight excluding hydrogens is 1880 g/mol. The number of rotatable bonds is 8. The second-order valence-electron chi connectivity index (χ2n) is 37.2. The summed E-state index contributed by atoms with van der Waals surface area (Å²) in [4.78, 5) is 31.6. The summed E-state index contributed by atoms with van der Waals surface area (Å²) in [6.07, 6.45) is 3.93. The minimum Gasteiger partial charge on any atom is -0.308 e. The van der Waals surface area contributed by atoms with E-state index in [0.717, 1.165) is 99.0 Å². The van der Waals surface area contributed by atoms with Crippen LogP contribution in [0.15, 0.2) is 443 Å². The fraction of sp³-hybridized carbons (Fsp3) is 0. The van der Waals surface area contributed by atoms with E-state index in [1.54, 1.807) is 22.7 Å². The molecule has 33 aromatic rings. The van der Waals surface area contributed by atoms with Gasteiger partial charge in [0.15, 0.2) is 5.82 Å². The van der Waals surface area contributed by atoms with E-state index in [4.69, 9.17) is 24.9 Å². The van der Waals surface area contributed by atoms with Crippen molar-refractivity contribution < 1.29 is 0 Å². The molecule has 13 heterocycles. The molecule has 145 heavy (non-hydrogen) atoms. The summed E-state index contributed by atoms with van der Waals surface area (Å²) in [6, 6.07) is 155. The number of nitrogens with zero attached hydrogens (tertiary/aromatic N) is 9. The van der Waals surface area contributed by atoms with Crippen LogP contribution in [0.4, 0.5) is 0 Å². The number of benzene rings is 20. The van der Waals surface area contributed by atoms with Gasteiger partial charge >= 0.3 is 0 Å². The normalized spacial score (nSPS) is 12.1. The summed E-state index contributed by atoms with van der Waals surface area (Å²) in [7, 11) is 0. The highest BCUT2D eigenvalue weighted by molar-refractivity contribution is 7.29. The lowest BCUT2D eigenvalue weighted by molar-refractivity contribution is 1.02. The number of thiophene rings is 6. The highest BCUT2D eigenvalue weighted by atomic mass is 32.1. The van der Waals surface area contributed by atoms with Crippen molar-refractivity contribution in [2.75, 3.05) is 0 Å². The second-order valence-corrected chi connectivity index (χ2v) is 43.5. The predicted molar refractivity (Wildman–Crippen MR) is 624 cm³/mol. The van der Waals surface area contributed by atoms with E-state index >= 15 is 0 Å². The van der Waals surface area contributed by atoms with Gasteiger partial charge in [-0.3, -0.25) is 14.1 Å². The third-order valence-corrected chi connectivity index (χ3v) is 36.3. The molecule has 20 aromatic carbocycles. The van der Waals surface area contributed by atoms with Crippen LogP contribution in [0.1, 0.15) is 0 Å². The molecule has 0 saturated carbocycles. The molecule has 0 aliphatic rings. The van der Waals surface area contributed by atoms with Crippen LogP contribution in [-0.2, 0) is 0 Å². The number of hydrogen-bond donors (Lipinski definition) is 0. The molecule has 0 aliphatic carbocycles. The van der Waals surface area contributed by atoms with Gasteiger partial charge in [0, 0.05) is 160 Å². The molecule has 0 radical (unpaired) electrons. The van der Waals surface area contributed by atoms with Crippen LogP contribution >= 0.6 is 68.0 Å². The van der Waals surface area contributed by atoms with Crippen LogP contribution in [0.5, 0.6) is 0 Å². The average Bonchev–Trinajstić information content (AvgIpc) is 1.55. The Hall–Kier alpha value is -17.4. The van der Waals surface area contributed by atoms with Gasteiger partial charge in [-0.05, 0) is 152 Å². The molecule has 0 amide bonds. The Bertz CT molecular complexity index is 11300. The third kappa shape index (κ3) is 12.6. The summed E-state index contributed by atoms with van der Waals surface area (Å²) >= 11 is 11.0. The smallest absolute Gasteiger partial charge is 0.235 e. The van der Waals surface area contributed by atoms with Crippen LogP contribution in [0, 0.1) is 0 Å². The van der Waals surface area contributed by atoms with Crippen molar-refractivity contribution in [1.82, 2.24) is 43.6 Å². The molecule has 0 atom stereocenters. The molecule has 0 spiro atoms. The zero-order chi connectivity index (χ0) is 94.7. The van der Waals surface area contributed by atoms with E-state index in [9.17, 15) is 0 Å². The van der Waals surface area contributed by atoms with Crippen LogP contribution in [0.25, 0.3) is 304 Å². The molecule has 0 saturated heterocycles. The van der Waals surface area contributed by atoms with E-state index in [1.807, 2.05) is 57.7 Å². The Morgan fingerprint density at radius 2 is 0.579 bits per heavy atom. The maximum Gasteiger partial charge on any atom is 0.235 e. The Kier molecular flexibility index (Phi) is 18.5. The lowest BCUT2D eigenvalue weighted by atomic mass is 9.97. The van der Waals surface area contributed by atoms with Crippen molar-refractivity contribution in [2.24, 2.45) is 0 Å². The molecule has 13 aromatic heterocycles. The molecule has 0 unspecified atom stereocenters. The van der Waals surface area contributed by atoms with Gasteiger partial charge in [0.2, 0.25) is 5.95 Å². The maximum atomic E-state index is 5.61. The Morgan fingerprint density at radius 3 is 1.15 bits per heavy atom. The number of fused-ring (bicyclic) bond motifs is 40. The van der Waals surface area contributed by atoms with Crippen LogP contribution < -0.4 is 0 Å². The van der Waals surface area contributed by atoms with Crippen molar-refractivity contribution in [3.05, 3.63) is 443 Å². The van der Waals surface area contributed by atoms with Crippen molar-refractivity contribution in [3.8, 4) is 73.7 Å². The van der Waals surface area contributed by atoms with Crippen molar-refractivity contribution in [2.45, 2.75) is 0 Å². The molecule has 0 aliphatic heterocycles. The molecule has 9 nitrogen and oxygen atoms in total. The fourth-order valence-corrected chi connectivity index (χ4v) is 30.2. The Balaban J connectivity index is 0.0000000995. The van der Waals surface area contributed by atoms with Gasteiger partial charge in [-0.15, -0.1) is 68.0 Å². The monoisotopic (exact) mass is 1950 g/mol. The lowest BCUT2D eigenvalue weighted by Gasteiger charge is -2.12. The summed E-state index contributed by atoms with van der Waals surface area (Å²) in [5, 5.41) is 30.1. The van der Waals surface area contributed by atoms with Gasteiger partial charge in [-0.1, -0.05) is 328 Å². The number of aromatic nitrogens is 9. The minimum atomic E-state index is 0.688. The van der Waals surface area contributed by atoms with Gasteiger partial charge < -0.3 is 4.57 Å². The molecule has 674 valence electrons. The van der Waals surface area contributed by atoms with Crippen molar-refractivity contribution in [3.63, 3.8) is 0 Å². The lowest BCUT2D eigenvalue weighted by Crippen LogP contribution is -2.03. The first-order valence-corrected chi connectivity index (χ1v) is 53.5. The SMILES string of the molecule is c1ccc(-c2ccc3c(c2)c2c4ccccc4c4c5ccccc5sc4c2n3-c2cc3c(sc4ccccc43)c(-c3ccccc3)n2)cc1.c1ccc(-c2nc(-n3c4ccccc4c4c5ccncc5c5c6ccccc6sc5c43)nc3c2sc2ccccc23)cc1.c1ccc2cc(-c3nc(-c4ccc(-n5c6ccccc6c6c7ccccc7c7c8ccccc8sc7c65)cc4)nc4c3sc3ccccc34)ccc2c1. The number of hydrogen-bond acceptors (Lipinski definition) is 12. The maximum absolute atomic E-state index is 5.61. The van der Waals surface area contributed by atoms with Crippen LogP contribution in [0.2, 0.25) is 0 Å². The zero-order valence-corrected chi connectivity index (χ0v) is 82.0. The topological polar surface area (TPSA) is 92.1 Å². The van der Waals surface area contributed by atoms with Crippen molar-refractivity contribution in [1.29, 1.82) is 0 Å². The molecule has 0 fully saturated rings. The Morgan fingerprint density at radius 1 is 0.193 bits per heavy atom. The quantitative estimate of drug-likeness (QED) is 0.150. The molecule has 15 heteroatoms. The first-order chi connectivity index (χ1) is 71.9. The molecule has 0 N–H and O–H groups in total.